The lowest BCUT2D eigenvalue weighted by atomic mass is 10.1. The van der Waals surface area contributed by atoms with Crippen LogP contribution in [-0.2, 0) is 15.8 Å². The van der Waals surface area contributed by atoms with E-state index < -0.39 is 15.9 Å². The van der Waals surface area contributed by atoms with Crippen LogP contribution >= 0.6 is 23.4 Å². The fraction of sp³-hybridized carbons (Fsp3) is 0.208. The average molecular weight is 507 g/mol. The summed E-state index contributed by atoms with van der Waals surface area (Å²) in [7, 11) is -4.00. The van der Waals surface area contributed by atoms with Gasteiger partial charge in [0.2, 0.25) is 0 Å². The van der Waals surface area contributed by atoms with E-state index in [2.05, 4.69) is 10.0 Å². The highest BCUT2D eigenvalue weighted by atomic mass is 35.5. The van der Waals surface area contributed by atoms with Gasteiger partial charge in [0.05, 0.1) is 10.7 Å². The summed E-state index contributed by atoms with van der Waals surface area (Å²) >= 11 is 7.64. The SMILES string of the molecule is Cc1cccc(NS(=O)(=O)c2cc(C(=O)NCCSCc3ccccc3F)ccc2Cl)c1C. The normalized spacial score (nSPS) is 11.3. The summed E-state index contributed by atoms with van der Waals surface area (Å²) < 4.78 is 42.1. The zero-order valence-corrected chi connectivity index (χ0v) is 20.6. The molecule has 9 heteroatoms. The van der Waals surface area contributed by atoms with E-state index in [4.69, 9.17) is 11.6 Å². The molecular formula is C24H24ClFN2O3S2. The Bertz CT molecular complexity index is 1270. The number of anilines is 1. The van der Waals surface area contributed by atoms with Crippen LogP contribution in [0.4, 0.5) is 10.1 Å². The fourth-order valence-corrected chi connectivity index (χ4v) is 5.54. The minimum atomic E-state index is -4.00. The topological polar surface area (TPSA) is 75.3 Å². The molecule has 0 aliphatic carbocycles. The Morgan fingerprint density at radius 1 is 1.06 bits per heavy atom. The summed E-state index contributed by atoms with van der Waals surface area (Å²) in [5.74, 6) is 0.405. The smallest absolute Gasteiger partial charge is 0.263 e. The highest BCUT2D eigenvalue weighted by Gasteiger charge is 2.21. The maximum atomic E-state index is 13.6. The van der Waals surface area contributed by atoms with Crippen LogP contribution in [0.1, 0.15) is 27.0 Å². The molecule has 0 saturated carbocycles. The molecule has 0 aliphatic heterocycles. The summed E-state index contributed by atoms with van der Waals surface area (Å²) in [5.41, 5.74) is 2.99. The zero-order chi connectivity index (χ0) is 24.0. The number of carbonyl (C=O) groups excluding carboxylic acids is 1. The lowest BCUT2D eigenvalue weighted by Crippen LogP contribution is -2.26. The van der Waals surface area contributed by atoms with E-state index >= 15 is 0 Å². The zero-order valence-electron chi connectivity index (χ0n) is 18.2. The van der Waals surface area contributed by atoms with Gasteiger partial charge < -0.3 is 5.32 Å². The van der Waals surface area contributed by atoms with Gasteiger partial charge in [-0.25, -0.2) is 12.8 Å². The summed E-state index contributed by atoms with van der Waals surface area (Å²) in [6.07, 6.45) is 0. The van der Waals surface area contributed by atoms with E-state index in [-0.39, 0.29) is 21.3 Å². The summed E-state index contributed by atoms with van der Waals surface area (Å²) in [4.78, 5) is 12.4. The van der Waals surface area contributed by atoms with Crippen LogP contribution in [-0.4, -0.2) is 26.6 Å². The lowest BCUT2D eigenvalue weighted by Gasteiger charge is -2.14. The number of hydrogen-bond donors (Lipinski definition) is 2. The number of benzene rings is 3. The van der Waals surface area contributed by atoms with Crippen molar-refractivity contribution in [3.05, 3.63) is 93.8 Å². The third-order valence-corrected chi connectivity index (χ3v) is 7.93. The largest absolute Gasteiger partial charge is 0.351 e. The average Bonchev–Trinajstić information content (AvgIpc) is 2.78. The van der Waals surface area contributed by atoms with Gasteiger partial charge >= 0.3 is 0 Å². The van der Waals surface area contributed by atoms with E-state index in [9.17, 15) is 17.6 Å². The van der Waals surface area contributed by atoms with E-state index in [1.807, 2.05) is 19.9 Å². The molecule has 0 heterocycles. The minimum Gasteiger partial charge on any atom is -0.351 e. The molecule has 0 radical (unpaired) electrons. The van der Waals surface area contributed by atoms with Gasteiger partial charge in [-0.1, -0.05) is 41.9 Å². The Kier molecular flexibility index (Phi) is 8.40. The number of amides is 1. The van der Waals surface area contributed by atoms with Crippen molar-refractivity contribution in [3.8, 4) is 0 Å². The number of hydrogen-bond acceptors (Lipinski definition) is 4. The van der Waals surface area contributed by atoms with Gasteiger partial charge in [0, 0.05) is 23.6 Å². The van der Waals surface area contributed by atoms with Gasteiger partial charge in [-0.3, -0.25) is 9.52 Å². The van der Waals surface area contributed by atoms with Gasteiger partial charge in [0.1, 0.15) is 10.7 Å². The summed E-state index contributed by atoms with van der Waals surface area (Å²) in [6.45, 7) is 4.06. The monoisotopic (exact) mass is 506 g/mol. The van der Waals surface area contributed by atoms with Crippen LogP contribution in [0.3, 0.4) is 0 Å². The molecule has 174 valence electrons. The quantitative estimate of drug-likeness (QED) is 0.372. The van der Waals surface area contributed by atoms with Crippen molar-refractivity contribution >= 4 is 45.0 Å². The third-order valence-electron chi connectivity index (χ3n) is 5.08. The van der Waals surface area contributed by atoms with Crippen LogP contribution < -0.4 is 10.0 Å². The number of nitrogens with one attached hydrogen (secondary N) is 2. The summed E-state index contributed by atoms with van der Waals surface area (Å²) in [5, 5.41) is 2.77. The van der Waals surface area contributed by atoms with E-state index in [1.165, 1.54) is 36.0 Å². The molecule has 0 unspecified atom stereocenters. The fourth-order valence-electron chi connectivity index (χ4n) is 3.05. The molecule has 33 heavy (non-hydrogen) atoms. The van der Waals surface area contributed by atoms with Crippen LogP contribution in [0.15, 0.2) is 65.6 Å². The van der Waals surface area contributed by atoms with Crippen LogP contribution in [0.2, 0.25) is 5.02 Å². The molecule has 3 aromatic carbocycles. The molecule has 0 aliphatic rings. The predicted octanol–water partition coefficient (Wildman–Crippen LogP) is 5.56. The Labute approximate surface area is 202 Å². The second-order valence-corrected chi connectivity index (χ2v) is 10.6. The predicted molar refractivity (Wildman–Crippen MR) is 133 cm³/mol. The van der Waals surface area contributed by atoms with Gasteiger partial charge in [0.15, 0.2) is 0 Å². The number of halogens is 2. The molecule has 5 nitrogen and oxygen atoms in total. The van der Waals surface area contributed by atoms with Gasteiger partial charge in [-0.15, -0.1) is 0 Å². The first-order chi connectivity index (χ1) is 15.7. The number of thioether (sulfide) groups is 1. The molecule has 0 atom stereocenters. The van der Waals surface area contributed by atoms with Crippen molar-refractivity contribution in [3.63, 3.8) is 0 Å². The van der Waals surface area contributed by atoms with Crippen molar-refractivity contribution in [1.29, 1.82) is 0 Å². The van der Waals surface area contributed by atoms with Crippen molar-refractivity contribution in [2.24, 2.45) is 0 Å². The minimum absolute atomic E-state index is 0.0183. The number of rotatable bonds is 9. The first-order valence-corrected chi connectivity index (χ1v) is 13.2. The van der Waals surface area contributed by atoms with Crippen molar-refractivity contribution in [2.45, 2.75) is 24.5 Å². The van der Waals surface area contributed by atoms with Gasteiger partial charge in [0.25, 0.3) is 15.9 Å². The Morgan fingerprint density at radius 3 is 2.58 bits per heavy atom. The third kappa shape index (κ3) is 6.50. The standard InChI is InChI=1S/C24H24ClFN2O3S2/c1-16-6-5-9-22(17(16)2)28-33(30,31)23-14-18(10-11-20(23)25)24(29)27-12-13-32-15-19-7-3-4-8-21(19)26/h3-11,14,28H,12-13,15H2,1-2H3,(H,27,29). The van der Waals surface area contributed by atoms with Crippen LogP contribution in [0, 0.1) is 19.7 Å². The molecule has 1 amide bonds. The summed E-state index contributed by atoms with van der Waals surface area (Å²) in [6, 6.07) is 16.0. The second kappa shape index (κ2) is 11.0. The first-order valence-electron chi connectivity index (χ1n) is 10.2. The van der Waals surface area contributed by atoms with Crippen molar-refractivity contribution in [1.82, 2.24) is 5.32 Å². The number of aryl methyl sites for hydroxylation is 1. The molecule has 0 saturated heterocycles. The van der Waals surface area contributed by atoms with Crippen molar-refractivity contribution in [2.75, 3.05) is 17.0 Å². The Morgan fingerprint density at radius 2 is 1.82 bits per heavy atom. The highest BCUT2D eigenvalue weighted by molar-refractivity contribution is 7.98. The molecule has 0 spiro atoms. The second-order valence-electron chi connectivity index (χ2n) is 7.40. The Balaban J connectivity index is 1.63. The van der Waals surface area contributed by atoms with E-state index in [0.717, 1.165) is 11.1 Å². The number of sulfonamides is 1. The molecular weight excluding hydrogens is 483 g/mol. The van der Waals surface area contributed by atoms with Crippen LogP contribution in [0.5, 0.6) is 0 Å². The molecule has 3 rings (SSSR count). The molecule has 3 aromatic rings. The van der Waals surface area contributed by atoms with Gasteiger partial charge in [-0.2, -0.15) is 11.8 Å². The number of carbonyl (C=O) groups is 1. The highest BCUT2D eigenvalue weighted by Crippen LogP contribution is 2.27. The van der Waals surface area contributed by atoms with Crippen molar-refractivity contribution < 1.29 is 17.6 Å². The van der Waals surface area contributed by atoms with E-state index in [0.29, 0.717) is 29.3 Å². The maximum Gasteiger partial charge on any atom is 0.263 e. The van der Waals surface area contributed by atoms with Crippen LogP contribution in [0.25, 0.3) is 0 Å². The Hall–Kier alpha value is -2.55. The molecule has 0 bridgehead atoms. The first kappa shape index (κ1) is 25.1. The van der Waals surface area contributed by atoms with E-state index in [1.54, 1.807) is 30.3 Å². The van der Waals surface area contributed by atoms with Gasteiger partial charge in [-0.05, 0) is 60.9 Å². The lowest BCUT2D eigenvalue weighted by molar-refractivity contribution is 0.0956. The molecule has 0 fully saturated rings. The molecule has 0 aromatic heterocycles. The maximum absolute atomic E-state index is 13.6. The molecule has 2 N–H and O–H groups in total.